The Labute approximate surface area is 324 Å². The number of fused-ring (bicyclic) bond motifs is 3. The van der Waals surface area contributed by atoms with E-state index in [1.54, 1.807) is 6.33 Å². The zero-order valence-corrected chi connectivity index (χ0v) is 35.3. The van der Waals surface area contributed by atoms with Crippen molar-refractivity contribution in [1.82, 2.24) is 19.7 Å². The molecule has 5 aliphatic rings. The van der Waals surface area contributed by atoms with Gasteiger partial charge in [-0.3, -0.25) is 9.78 Å². The van der Waals surface area contributed by atoms with E-state index >= 15 is 0 Å². The number of allylic oxidation sites excluding steroid dienone is 1. The molecular weight excluding hydrogens is 675 g/mol. The Hall–Kier alpha value is -2.62. The van der Waals surface area contributed by atoms with Crippen LogP contribution in [-0.4, -0.2) is 62.3 Å². The van der Waals surface area contributed by atoms with Crippen LogP contribution in [0.3, 0.4) is 0 Å². The molecule has 3 heterocycles. The molecule has 0 spiro atoms. The summed E-state index contributed by atoms with van der Waals surface area (Å²) < 4.78 is 16.4. The summed E-state index contributed by atoms with van der Waals surface area (Å²) >= 11 is 0. The van der Waals surface area contributed by atoms with Crippen molar-refractivity contribution >= 4 is 5.97 Å². The van der Waals surface area contributed by atoms with Gasteiger partial charge in [-0.05, 0) is 115 Å². The van der Waals surface area contributed by atoms with Gasteiger partial charge in [0.2, 0.25) is 0 Å². The first-order chi connectivity index (χ1) is 25.1. The Kier molecular flexibility index (Phi) is 9.50. The molecule has 0 aromatic carbocycles. The lowest BCUT2D eigenvalue weighted by atomic mass is 9.34. The Morgan fingerprint density at radius 2 is 1.80 bits per heavy atom. The fourth-order valence-corrected chi connectivity index (χ4v) is 13.0. The lowest BCUT2D eigenvalue weighted by Gasteiger charge is -2.71. The number of hydrogen-bond acceptors (Lipinski definition) is 7. The molecule has 0 radical (unpaired) electrons. The van der Waals surface area contributed by atoms with Gasteiger partial charge in [-0.25, -0.2) is 9.67 Å². The smallest absolute Gasteiger partial charge is 0.307 e. The molecule has 4 fully saturated rings. The molecule has 7 rings (SSSR count). The molecule has 9 nitrogen and oxygen atoms in total. The molecule has 0 amide bonds. The number of rotatable bonds is 8. The lowest BCUT2D eigenvalue weighted by Crippen LogP contribution is -2.70. The number of carbonyl (C=O) groups is 1. The highest BCUT2D eigenvalue weighted by Crippen LogP contribution is 2.75. The number of nitrogens with two attached hydrogens (primary N) is 1. The van der Waals surface area contributed by atoms with Crippen molar-refractivity contribution in [2.24, 2.45) is 67.8 Å². The minimum absolute atomic E-state index is 0.119. The topological polar surface area (TPSA) is 125 Å². The highest BCUT2D eigenvalue weighted by molar-refractivity contribution is 5.73. The molecule has 2 bridgehead atoms. The number of aromatic nitrogens is 4. The first-order valence-electron chi connectivity index (χ1n) is 20.8. The van der Waals surface area contributed by atoms with E-state index < -0.39 is 28.3 Å². The summed E-state index contributed by atoms with van der Waals surface area (Å²) in [6.45, 7) is 28.6. The third kappa shape index (κ3) is 5.54. The van der Waals surface area contributed by atoms with Crippen LogP contribution in [0.1, 0.15) is 126 Å². The van der Waals surface area contributed by atoms with Gasteiger partial charge in [0, 0.05) is 28.4 Å². The SMILES string of the molecule is Cc1cc(-c2ncnn2[C@@H]2C[C@]3(C)COC[C@@]4(C5=CC[C@@]6(C)[C@H](C(=O)O)[C@@](C)([C@H](C)C(C)C)CC[C@]6(C)[C@H]5CC[C@H]34)[C@H]2OC[C@](C)(N)C(C)(C)C)ccn1. The molecular formula is C45H69N5O4. The van der Waals surface area contributed by atoms with Crippen LogP contribution < -0.4 is 5.73 Å². The Morgan fingerprint density at radius 1 is 1.07 bits per heavy atom. The van der Waals surface area contributed by atoms with E-state index in [1.165, 1.54) is 5.57 Å². The molecule has 298 valence electrons. The molecule has 9 heteroatoms. The fraction of sp³-hybridized carbons (Fsp3) is 0.778. The van der Waals surface area contributed by atoms with Crippen molar-refractivity contribution in [2.45, 2.75) is 139 Å². The number of aryl methyl sites for hydroxylation is 1. The highest BCUT2D eigenvalue weighted by Gasteiger charge is 2.73. The average molecular weight is 744 g/mol. The van der Waals surface area contributed by atoms with Gasteiger partial charge in [-0.2, -0.15) is 5.10 Å². The van der Waals surface area contributed by atoms with E-state index in [0.29, 0.717) is 37.6 Å². The van der Waals surface area contributed by atoms with E-state index in [4.69, 9.17) is 25.3 Å². The summed E-state index contributed by atoms with van der Waals surface area (Å²) in [5.41, 5.74) is 8.26. The second kappa shape index (κ2) is 13.0. The number of carboxylic acids is 1. The van der Waals surface area contributed by atoms with E-state index in [-0.39, 0.29) is 39.7 Å². The summed E-state index contributed by atoms with van der Waals surface area (Å²) in [6, 6.07) is 3.99. The van der Waals surface area contributed by atoms with Gasteiger partial charge in [-0.1, -0.05) is 80.9 Å². The van der Waals surface area contributed by atoms with E-state index in [2.05, 4.69) is 98.0 Å². The van der Waals surface area contributed by atoms with Gasteiger partial charge in [-0.15, -0.1) is 0 Å². The lowest BCUT2D eigenvalue weighted by molar-refractivity contribution is -0.255. The number of nitrogens with zero attached hydrogens (tertiary/aromatic N) is 4. The Morgan fingerprint density at radius 3 is 2.44 bits per heavy atom. The summed E-state index contributed by atoms with van der Waals surface area (Å²) in [7, 11) is 0. The van der Waals surface area contributed by atoms with Gasteiger partial charge in [0.05, 0.1) is 37.9 Å². The van der Waals surface area contributed by atoms with Crippen LogP contribution >= 0.6 is 0 Å². The molecule has 1 saturated heterocycles. The normalized spacial score (nSPS) is 40.9. The predicted octanol–water partition coefficient (Wildman–Crippen LogP) is 8.93. The third-order valence-corrected chi connectivity index (χ3v) is 17.3. The van der Waals surface area contributed by atoms with Crippen molar-refractivity contribution in [3.8, 4) is 11.4 Å². The number of carboxylic acid groups (broad SMARTS) is 1. The Bertz CT molecular complexity index is 1800. The first kappa shape index (κ1) is 39.6. The molecule has 2 aromatic heterocycles. The minimum Gasteiger partial charge on any atom is -0.481 e. The number of pyridine rings is 1. The summed E-state index contributed by atoms with van der Waals surface area (Å²) in [6.07, 6.45) is 11.4. The van der Waals surface area contributed by atoms with Crippen LogP contribution in [0.4, 0.5) is 0 Å². The zero-order valence-electron chi connectivity index (χ0n) is 35.3. The second-order valence-corrected chi connectivity index (χ2v) is 21.3. The molecule has 2 aromatic rings. The van der Waals surface area contributed by atoms with Crippen LogP contribution in [0.15, 0.2) is 36.3 Å². The van der Waals surface area contributed by atoms with Crippen molar-refractivity contribution in [2.75, 3.05) is 19.8 Å². The third-order valence-electron chi connectivity index (χ3n) is 17.3. The fourth-order valence-electron chi connectivity index (χ4n) is 13.0. The van der Waals surface area contributed by atoms with Gasteiger partial charge in [0.15, 0.2) is 5.82 Å². The number of ether oxygens (including phenoxy) is 2. The van der Waals surface area contributed by atoms with Crippen LogP contribution in [-0.2, 0) is 14.3 Å². The van der Waals surface area contributed by atoms with E-state index in [1.807, 2.05) is 19.2 Å². The van der Waals surface area contributed by atoms with Crippen molar-refractivity contribution in [1.29, 1.82) is 0 Å². The van der Waals surface area contributed by atoms with E-state index in [9.17, 15) is 9.90 Å². The first-order valence-corrected chi connectivity index (χ1v) is 20.8. The largest absolute Gasteiger partial charge is 0.481 e. The molecule has 0 unspecified atom stereocenters. The maximum Gasteiger partial charge on any atom is 0.307 e. The minimum atomic E-state index is -0.635. The van der Waals surface area contributed by atoms with Gasteiger partial charge in [0.1, 0.15) is 6.33 Å². The maximum atomic E-state index is 13.7. The van der Waals surface area contributed by atoms with Crippen LogP contribution in [0, 0.1) is 69.0 Å². The molecule has 54 heavy (non-hydrogen) atoms. The molecule has 4 aliphatic carbocycles. The van der Waals surface area contributed by atoms with E-state index in [0.717, 1.165) is 55.6 Å². The summed E-state index contributed by atoms with van der Waals surface area (Å²) in [5, 5.41) is 16.2. The predicted molar refractivity (Wildman–Crippen MR) is 212 cm³/mol. The molecule has 3 N–H and O–H groups in total. The summed E-state index contributed by atoms with van der Waals surface area (Å²) in [4.78, 5) is 23.0. The molecule has 3 saturated carbocycles. The maximum absolute atomic E-state index is 13.7. The van der Waals surface area contributed by atoms with Crippen molar-refractivity contribution in [3.63, 3.8) is 0 Å². The zero-order chi connectivity index (χ0) is 39.4. The van der Waals surface area contributed by atoms with Gasteiger partial charge >= 0.3 is 5.97 Å². The second-order valence-electron chi connectivity index (χ2n) is 21.3. The van der Waals surface area contributed by atoms with Gasteiger partial charge in [0.25, 0.3) is 0 Å². The van der Waals surface area contributed by atoms with Crippen molar-refractivity contribution in [3.05, 3.63) is 42.0 Å². The van der Waals surface area contributed by atoms with Crippen LogP contribution in [0.5, 0.6) is 0 Å². The van der Waals surface area contributed by atoms with Gasteiger partial charge < -0.3 is 20.3 Å². The molecule has 12 atom stereocenters. The highest BCUT2D eigenvalue weighted by atomic mass is 16.5. The van der Waals surface area contributed by atoms with Crippen LogP contribution in [0.2, 0.25) is 0 Å². The average Bonchev–Trinajstić information content (AvgIpc) is 3.57. The quantitative estimate of drug-likeness (QED) is 0.257. The monoisotopic (exact) mass is 744 g/mol. The molecule has 1 aliphatic heterocycles. The number of aliphatic carboxylic acids is 1. The standard InChI is InChI=1S/C45H69N5O4/c1-27(2)29(4)41(9)18-19-42(10)31-13-14-34-40(8)22-33(50-37(48-26-49-50)30-16-20-47-28(3)21-30)36(54-24-44(12,46)39(5,6)7)45(34,25-53-23-40)32(31)15-17-43(42,11)35(41)38(51)52/h15-16,20-21,26-27,29,31,33-36H,13-14,17-19,22-25,46H2,1-12H3,(H,51,52)/t29-,31+,33-,34-,35-,36+,40-,41-,42-,43+,44+,45+/m1/s1. The summed E-state index contributed by atoms with van der Waals surface area (Å²) in [5.74, 6) is 0.995. The van der Waals surface area contributed by atoms with Crippen molar-refractivity contribution < 1.29 is 19.4 Å². The van der Waals surface area contributed by atoms with Crippen LogP contribution in [0.25, 0.3) is 11.4 Å². The number of hydrogen-bond donors (Lipinski definition) is 2. The Balaban J connectivity index is 1.41.